The smallest absolute Gasteiger partial charge is 0.191 e. The van der Waals surface area contributed by atoms with Crippen LogP contribution in [0.4, 0.5) is 22.7 Å². The summed E-state index contributed by atoms with van der Waals surface area (Å²) in [5, 5.41) is 8.17. The van der Waals surface area contributed by atoms with E-state index in [2.05, 4.69) is 84.8 Å². The minimum Gasteiger partial charge on any atom is -0.445 e. The summed E-state index contributed by atoms with van der Waals surface area (Å²) >= 11 is 0. The second kappa shape index (κ2) is 6.89. The van der Waals surface area contributed by atoms with Gasteiger partial charge in [0, 0.05) is 60.0 Å². The van der Waals surface area contributed by atoms with Gasteiger partial charge in [-0.1, -0.05) is 18.2 Å². The molecule has 0 saturated carbocycles. The number of rotatable bonds is 5. The first-order chi connectivity index (χ1) is 12.7. The van der Waals surface area contributed by atoms with Gasteiger partial charge in [-0.25, -0.2) is 0 Å². The fraction of sp³-hybridized carbons (Fsp3) is 0.273. The van der Waals surface area contributed by atoms with Gasteiger partial charge in [-0.2, -0.15) is 0 Å². The summed E-state index contributed by atoms with van der Waals surface area (Å²) < 4.78 is 6.35. The molecule has 0 bridgehead atoms. The molecule has 0 spiro atoms. The lowest BCUT2D eigenvalue weighted by Crippen LogP contribution is -2.72. The molecule has 0 aromatic heterocycles. The van der Waals surface area contributed by atoms with Crippen molar-refractivity contribution in [2.75, 3.05) is 29.9 Å². The van der Waals surface area contributed by atoms with E-state index in [0.717, 1.165) is 48.2 Å². The predicted molar refractivity (Wildman–Crippen MR) is 109 cm³/mol. The van der Waals surface area contributed by atoms with Crippen molar-refractivity contribution in [1.82, 2.24) is 0 Å². The number of ether oxygens (including phenoxy) is 1. The van der Waals surface area contributed by atoms with E-state index in [9.17, 15) is 0 Å². The van der Waals surface area contributed by atoms with Gasteiger partial charge in [-0.3, -0.25) is 5.32 Å². The number of benzene rings is 3. The Bertz CT molecular complexity index is 948. The highest BCUT2D eigenvalue weighted by Gasteiger charge is 2.25. The Hall–Kier alpha value is -2.72. The van der Waals surface area contributed by atoms with Gasteiger partial charge in [0.05, 0.1) is 0 Å². The van der Waals surface area contributed by atoms with Crippen LogP contribution in [0.15, 0.2) is 48.5 Å². The lowest BCUT2D eigenvalue weighted by atomic mass is 10.0. The molecular weight excluding hydrogens is 322 g/mol. The topological polar surface area (TPSA) is 41.1 Å². The summed E-state index contributed by atoms with van der Waals surface area (Å²) in [6.07, 6.45) is 0. The largest absolute Gasteiger partial charge is 0.445 e. The number of nitrogens with one attached hydrogen (secondary N) is 1. The van der Waals surface area contributed by atoms with Crippen molar-refractivity contribution in [2.24, 2.45) is 0 Å². The Morgan fingerprint density at radius 1 is 0.923 bits per heavy atom. The number of hydrogen-bond donors (Lipinski definition) is 2. The van der Waals surface area contributed by atoms with Crippen LogP contribution in [0.5, 0.6) is 11.5 Å². The fourth-order valence-corrected chi connectivity index (χ4v) is 3.73. The van der Waals surface area contributed by atoms with E-state index in [1.54, 1.807) is 0 Å². The minimum atomic E-state index is 0.884. The molecule has 1 heterocycles. The van der Waals surface area contributed by atoms with Gasteiger partial charge in [0.2, 0.25) is 0 Å². The summed E-state index contributed by atoms with van der Waals surface area (Å²) in [5.41, 5.74) is 4.62. The molecule has 4 rings (SSSR count). The third-order valence-electron chi connectivity index (χ3n) is 5.06. The van der Waals surface area contributed by atoms with E-state index >= 15 is 0 Å². The molecule has 0 amide bonds. The highest BCUT2D eigenvalue weighted by atomic mass is 16.5. The molecule has 0 atom stereocenters. The van der Waals surface area contributed by atoms with Crippen molar-refractivity contribution < 1.29 is 10.1 Å². The highest BCUT2D eigenvalue weighted by molar-refractivity contribution is 6.02. The Balaban J connectivity index is 1.80. The van der Waals surface area contributed by atoms with Crippen LogP contribution in [-0.2, 0) is 0 Å². The Morgan fingerprint density at radius 2 is 1.69 bits per heavy atom. The van der Waals surface area contributed by atoms with Crippen LogP contribution in [0, 0.1) is 0 Å². The van der Waals surface area contributed by atoms with Crippen LogP contribution in [-0.4, -0.2) is 19.6 Å². The summed E-state index contributed by atoms with van der Waals surface area (Å²) in [5.74, 6) is 1.85. The Kier molecular flexibility index (Phi) is 4.43. The number of hydrogen-bond acceptors (Lipinski definition) is 3. The normalized spacial score (nSPS) is 12.3. The second-order valence-corrected chi connectivity index (χ2v) is 6.55. The quantitative estimate of drug-likeness (QED) is 0.511. The van der Waals surface area contributed by atoms with Crippen molar-refractivity contribution in [1.29, 1.82) is 0 Å². The molecular formula is C22H26N3O+. The molecule has 0 fully saturated rings. The van der Waals surface area contributed by atoms with Crippen LogP contribution in [0.3, 0.4) is 0 Å². The van der Waals surface area contributed by atoms with E-state index < -0.39 is 0 Å². The third-order valence-corrected chi connectivity index (χ3v) is 5.06. The van der Waals surface area contributed by atoms with Crippen molar-refractivity contribution in [3.05, 3.63) is 48.5 Å². The number of fused-ring (bicyclic) bond motifs is 4. The van der Waals surface area contributed by atoms with Crippen LogP contribution < -0.4 is 20.3 Å². The van der Waals surface area contributed by atoms with Gasteiger partial charge in [-0.05, 0) is 32.9 Å². The lowest BCUT2D eigenvalue weighted by molar-refractivity contribution is -0.481. The van der Waals surface area contributed by atoms with Crippen LogP contribution in [0.1, 0.15) is 20.8 Å². The van der Waals surface area contributed by atoms with Gasteiger partial charge >= 0.3 is 0 Å². The van der Waals surface area contributed by atoms with E-state index in [4.69, 9.17) is 4.74 Å². The molecule has 26 heavy (non-hydrogen) atoms. The van der Waals surface area contributed by atoms with Gasteiger partial charge in [0.1, 0.15) is 0 Å². The minimum absolute atomic E-state index is 0.884. The SMILES string of the molecule is CCNc1cc2c(c3ccccc13)[NH2+]c1ccc(N(CC)CC)cc1O2. The Labute approximate surface area is 154 Å². The first-order valence-corrected chi connectivity index (χ1v) is 9.46. The van der Waals surface area contributed by atoms with Crippen LogP contribution in [0.2, 0.25) is 0 Å². The average molecular weight is 348 g/mol. The summed E-state index contributed by atoms with van der Waals surface area (Å²) in [7, 11) is 0. The van der Waals surface area contributed by atoms with Gasteiger partial charge in [0.25, 0.3) is 0 Å². The molecule has 0 saturated heterocycles. The molecule has 4 heteroatoms. The van der Waals surface area contributed by atoms with Crippen LogP contribution in [0.25, 0.3) is 10.8 Å². The van der Waals surface area contributed by atoms with Gasteiger partial charge in [-0.15, -0.1) is 0 Å². The Morgan fingerprint density at radius 3 is 2.42 bits per heavy atom. The van der Waals surface area contributed by atoms with E-state index in [1.807, 2.05) is 0 Å². The first-order valence-electron chi connectivity index (χ1n) is 9.46. The summed E-state index contributed by atoms with van der Waals surface area (Å²) in [4.78, 5) is 2.34. The number of nitrogens with zero attached hydrogens (tertiary/aromatic N) is 1. The molecule has 0 radical (unpaired) electrons. The average Bonchev–Trinajstić information content (AvgIpc) is 2.68. The maximum atomic E-state index is 6.35. The monoisotopic (exact) mass is 348 g/mol. The van der Waals surface area contributed by atoms with Crippen LogP contribution >= 0.6 is 0 Å². The number of nitrogens with two attached hydrogens (primary N) is 1. The van der Waals surface area contributed by atoms with Gasteiger partial charge in [0.15, 0.2) is 22.9 Å². The molecule has 134 valence electrons. The van der Waals surface area contributed by atoms with Crippen molar-refractivity contribution in [2.45, 2.75) is 20.8 Å². The zero-order valence-electron chi connectivity index (χ0n) is 15.7. The third kappa shape index (κ3) is 2.76. The summed E-state index contributed by atoms with van der Waals surface area (Å²) in [6.45, 7) is 9.35. The molecule has 4 nitrogen and oxygen atoms in total. The maximum Gasteiger partial charge on any atom is 0.191 e. The number of anilines is 2. The molecule has 3 aromatic rings. The van der Waals surface area contributed by atoms with Gasteiger partial charge < -0.3 is 15.0 Å². The van der Waals surface area contributed by atoms with Crippen molar-refractivity contribution in [3.8, 4) is 11.5 Å². The first kappa shape index (κ1) is 16.7. The molecule has 0 aliphatic carbocycles. The lowest BCUT2D eigenvalue weighted by Gasteiger charge is -2.24. The zero-order valence-corrected chi connectivity index (χ0v) is 15.7. The van der Waals surface area contributed by atoms with E-state index in [0.29, 0.717) is 0 Å². The molecule has 1 aliphatic rings. The molecule has 1 aliphatic heterocycles. The summed E-state index contributed by atoms with van der Waals surface area (Å²) in [6, 6.07) is 17.2. The van der Waals surface area contributed by atoms with E-state index in [1.165, 1.54) is 16.5 Å². The maximum absolute atomic E-state index is 6.35. The fourth-order valence-electron chi connectivity index (χ4n) is 3.73. The predicted octanol–water partition coefficient (Wildman–Crippen LogP) is 4.75. The zero-order chi connectivity index (χ0) is 18.1. The molecule has 3 aromatic carbocycles. The highest BCUT2D eigenvalue weighted by Crippen LogP contribution is 2.43. The standard InChI is InChI=1S/C22H25N3O/c1-4-23-19-14-21-22(17-10-8-7-9-16(17)19)24-18-12-11-15(13-20(18)26-21)25(5-2)6-3/h7-14,23-24H,4-6H2,1-3H3/p+1. The van der Waals surface area contributed by atoms with Crippen molar-refractivity contribution >= 4 is 33.5 Å². The van der Waals surface area contributed by atoms with Crippen molar-refractivity contribution in [3.63, 3.8) is 0 Å². The van der Waals surface area contributed by atoms with E-state index in [-0.39, 0.29) is 0 Å². The number of quaternary nitrogens is 1. The molecule has 3 N–H and O–H groups in total. The molecule has 0 unspecified atom stereocenters. The second-order valence-electron chi connectivity index (χ2n) is 6.55.